The van der Waals surface area contributed by atoms with Crippen LogP contribution in [0.2, 0.25) is 0 Å². The maximum atomic E-state index is 12.6. The summed E-state index contributed by atoms with van der Waals surface area (Å²) >= 11 is 0. The molecule has 0 bridgehead atoms. The summed E-state index contributed by atoms with van der Waals surface area (Å²) in [5.41, 5.74) is 0.827. The Morgan fingerprint density at radius 1 is 1.10 bits per heavy atom. The Kier molecular flexibility index (Phi) is 4.74. The van der Waals surface area contributed by atoms with Crippen LogP contribution in [0.3, 0.4) is 0 Å². The second-order valence-electron chi connectivity index (χ2n) is 7.79. The van der Waals surface area contributed by atoms with E-state index in [1.807, 2.05) is 31.2 Å². The summed E-state index contributed by atoms with van der Waals surface area (Å²) in [6.07, 6.45) is 1.83. The van der Waals surface area contributed by atoms with E-state index in [1.54, 1.807) is 31.2 Å². The van der Waals surface area contributed by atoms with Gasteiger partial charge in [-0.2, -0.15) is 0 Å². The molecule has 1 heterocycles. The normalized spacial score (nSPS) is 21.1. The molecule has 2 aromatic carbocycles. The number of carbonyl (C=O) groups excluding carboxylic acids is 3. The molecule has 0 radical (unpaired) electrons. The van der Waals surface area contributed by atoms with Crippen LogP contribution < -0.4 is 15.4 Å². The monoisotopic (exact) mass is 393 g/mol. The summed E-state index contributed by atoms with van der Waals surface area (Å²) in [5.74, 6) is 0.765. The number of nitrogens with zero attached hydrogens (tertiary/aromatic N) is 1. The number of carbonyl (C=O) groups is 3. The van der Waals surface area contributed by atoms with Crippen LogP contribution in [0.25, 0.3) is 0 Å². The summed E-state index contributed by atoms with van der Waals surface area (Å²) in [6.45, 7) is 3.43. The molecule has 1 aliphatic carbocycles. The highest BCUT2D eigenvalue weighted by Gasteiger charge is 2.56. The third kappa shape index (κ3) is 3.94. The average Bonchev–Trinajstić information content (AvgIpc) is 3.51. The molecule has 1 unspecified atom stereocenters. The van der Waals surface area contributed by atoms with Crippen molar-refractivity contribution in [2.24, 2.45) is 5.92 Å². The third-order valence-electron chi connectivity index (χ3n) is 5.39. The average molecular weight is 393 g/mol. The minimum atomic E-state index is -0.883. The van der Waals surface area contributed by atoms with Crippen LogP contribution in [-0.4, -0.2) is 34.8 Å². The minimum Gasteiger partial charge on any atom is -0.457 e. The molecular formula is C22H23N3O4. The molecule has 0 spiro atoms. The first-order valence-electron chi connectivity index (χ1n) is 9.64. The minimum absolute atomic E-state index is 0.160. The number of amides is 4. The zero-order valence-electron chi connectivity index (χ0n) is 16.4. The molecule has 2 N–H and O–H groups in total. The van der Waals surface area contributed by atoms with Crippen molar-refractivity contribution in [3.05, 3.63) is 54.1 Å². The van der Waals surface area contributed by atoms with Crippen LogP contribution in [0, 0.1) is 12.8 Å². The van der Waals surface area contributed by atoms with Crippen LogP contribution in [0.15, 0.2) is 48.5 Å². The predicted octanol–water partition coefficient (Wildman–Crippen LogP) is 3.45. The van der Waals surface area contributed by atoms with E-state index < -0.39 is 17.5 Å². The summed E-state index contributed by atoms with van der Waals surface area (Å²) in [4.78, 5) is 38.1. The molecule has 0 aromatic heterocycles. The van der Waals surface area contributed by atoms with Gasteiger partial charge in [-0.25, -0.2) is 4.79 Å². The number of urea groups is 1. The molecule has 150 valence electrons. The largest absolute Gasteiger partial charge is 0.457 e. The van der Waals surface area contributed by atoms with Crippen molar-refractivity contribution in [1.29, 1.82) is 0 Å². The summed E-state index contributed by atoms with van der Waals surface area (Å²) < 4.78 is 5.76. The maximum absolute atomic E-state index is 12.6. The Labute approximate surface area is 169 Å². The van der Waals surface area contributed by atoms with Gasteiger partial charge in [0.2, 0.25) is 5.91 Å². The lowest BCUT2D eigenvalue weighted by Gasteiger charge is -2.20. The van der Waals surface area contributed by atoms with E-state index in [9.17, 15) is 14.4 Å². The van der Waals surface area contributed by atoms with Crippen molar-refractivity contribution in [3.8, 4) is 11.5 Å². The fraction of sp³-hybridized carbons (Fsp3) is 0.318. The molecule has 4 rings (SSSR count). The van der Waals surface area contributed by atoms with E-state index in [0.29, 0.717) is 11.4 Å². The topological polar surface area (TPSA) is 87.7 Å². The van der Waals surface area contributed by atoms with Gasteiger partial charge in [-0.1, -0.05) is 17.7 Å². The smallest absolute Gasteiger partial charge is 0.325 e. The predicted molar refractivity (Wildman–Crippen MR) is 108 cm³/mol. The van der Waals surface area contributed by atoms with Crippen molar-refractivity contribution in [2.75, 3.05) is 11.9 Å². The number of nitrogens with one attached hydrogen (secondary N) is 2. The molecule has 4 amide bonds. The van der Waals surface area contributed by atoms with E-state index in [4.69, 9.17) is 4.74 Å². The van der Waals surface area contributed by atoms with E-state index in [0.717, 1.165) is 29.1 Å². The van der Waals surface area contributed by atoms with Crippen LogP contribution in [0.5, 0.6) is 11.5 Å². The zero-order valence-corrected chi connectivity index (χ0v) is 16.4. The van der Waals surface area contributed by atoms with E-state index in [-0.39, 0.29) is 18.4 Å². The molecule has 2 fully saturated rings. The first kappa shape index (κ1) is 19.0. The SMILES string of the molecule is Cc1ccc(Oc2ccc(NC(=O)CN3C(=O)NC(C)(C4CC4)C3=O)cc2)cc1. The first-order chi connectivity index (χ1) is 13.8. The van der Waals surface area contributed by atoms with Crippen LogP contribution in [0.4, 0.5) is 10.5 Å². The van der Waals surface area contributed by atoms with E-state index in [1.165, 1.54) is 0 Å². The Balaban J connectivity index is 1.34. The lowest BCUT2D eigenvalue weighted by Crippen LogP contribution is -2.46. The third-order valence-corrected chi connectivity index (χ3v) is 5.39. The highest BCUT2D eigenvalue weighted by atomic mass is 16.5. The molecular weight excluding hydrogens is 370 g/mol. The summed E-state index contributed by atoms with van der Waals surface area (Å²) in [7, 11) is 0. The van der Waals surface area contributed by atoms with Gasteiger partial charge in [0.15, 0.2) is 0 Å². The Bertz CT molecular complexity index is 951. The number of hydrogen-bond donors (Lipinski definition) is 2. The number of imide groups is 1. The standard InChI is InChI=1S/C22H23N3O4/c1-14-3-9-17(10-4-14)29-18-11-7-16(8-12-18)23-19(26)13-25-20(27)22(2,15-5-6-15)24-21(25)28/h3-4,7-12,15H,5-6,13H2,1-2H3,(H,23,26)(H,24,28). The number of benzene rings is 2. The number of anilines is 1. The van der Waals surface area contributed by atoms with Crippen LogP contribution in [0.1, 0.15) is 25.3 Å². The molecule has 7 heteroatoms. The second kappa shape index (κ2) is 7.24. The quantitative estimate of drug-likeness (QED) is 0.736. The molecule has 1 saturated carbocycles. The van der Waals surface area contributed by atoms with Crippen molar-refractivity contribution in [2.45, 2.75) is 32.2 Å². The Hall–Kier alpha value is -3.35. The van der Waals surface area contributed by atoms with E-state index >= 15 is 0 Å². The van der Waals surface area contributed by atoms with Crippen molar-refractivity contribution < 1.29 is 19.1 Å². The molecule has 1 saturated heterocycles. The van der Waals surface area contributed by atoms with Crippen LogP contribution >= 0.6 is 0 Å². The van der Waals surface area contributed by atoms with Gasteiger partial charge in [-0.05, 0) is 69.0 Å². The molecule has 2 aromatic rings. The molecule has 2 aliphatic rings. The number of ether oxygens (including phenoxy) is 1. The summed E-state index contributed by atoms with van der Waals surface area (Å²) in [6, 6.07) is 14.1. The molecule has 7 nitrogen and oxygen atoms in total. The van der Waals surface area contributed by atoms with Gasteiger partial charge in [0.25, 0.3) is 5.91 Å². The van der Waals surface area contributed by atoms with Gasteiger partial charge < -0.3 is 15.4 Å². The van der Waals surface area contributed by atoms with Gasteiger partial charge in [-0.15, -0.1) is 0 Å². The van der Waals surface area contributed by atoms with Gasteiger partial charge in [0.1, 0.15) is 23.6 Å². The van der Waals surface area contributed by atoms with Gasteiger partial charge in [0.05, 0.1) is 0 Å². The fourth-order valence-electron chi connectivity index (χ4n) is 3.49. The molecule has 1 aliphatic heterocycles. The molecule has 1 atom stereocenters. The fourth-order valence-corrected chi connectivity index (χ4v) is 3.49. The molecule has 29 heavy (non-hydrogen) atoms. The number of aryl methyl sites for hydroxylation is 1. The Morgan fingerprint density at radius 2 is 1.69 bits per heavy atom. The second-order valence-corrected chi connectivity index (χ2v) is 7.79. The van der Waals surface area contributed by atoms with Gasteiger partial charge in [-0.3, -0.25) is 14.5 Å². The number of rotatable bonds is 6. The van der Waals surface area contributed by atoms with Crippen molar-refractivity contribution >= 4 is 23.5 Å². The highest BCUT2D eigenvalue weighted by Crippen LogP contribution is 2.42. The number of hydrogen-bond acceptors (Lipinski definition) is 4. The lowest BCUT2D eigenvalue weighted by atomic mass is 9.96. The van der Waals surface area contributed by atoms with E-state index in [2.05, 4.69) is 10.6 Å². The Morgan fingerprint density at radius 3 is 2.28 bits per heavy atom. The van der Waals surface area contributed by atoms with Crippen molar-refractivity contribution in [3.63, 3.8) is 0 Å². The zero-order chi connectivity index (χ0) is 20.6. The first-order valence-corrected chi connectivity index (χ1v) is 9.64. The van der Waals surface area contributed by atoms with Gasteiger partial charge in [0, 0.05) is 5.69 Å². The maximum Gasteiger partial charge on any atom is 0.325 e. The van der Waals surface area contributed by atoms with Crippen LogP contribution in [-0.2, 0) is 9.59 Å². The van der Waals surface area contributed by atoms with Crippen molar-refractivity contribution in [1.82, 2.24) is 10.2 Å². The summed E-state index contributed by atoms with van der Waals surface area (Å²) in [5, 5.41) is 5.45. The highest BCUT2D eigenvalue weighted by molar-refractivity contribution is 6.10. The van der Waals surface area contributed by atoms with Gasteiger partial charge >= 0.3 is 6.03 Å². The lowest BCUT2D eigenvalue weighted by molar-refractivity contribution is -0.134.